The van der Waals surface area contributed by atoms with Crippen LogP contribution in [0.15, 0.2) is 0 Å². The summed E-state index contributed by atoms with van der Waals surface area (Å²) >= 11 is 0. The topological polar surface area (TPSA) is 66.6 Å². The molecule has 0 aromatic rings. The van der Waals surface area contributed by atoms with Gasteiger partial charge in [-0.1, -0.05) is 6.42 Å². The molecule has 2 N–H and O–H groups in total. The van der Waals surface area contributed by atoms with Crippen molar-refractivity contribution < 1.29 is 9.59 Å². The van der Waals surface area contributed by atoms with Gasteiger partial charge in [-0.15, -0.1) is 0 Å². The van der Waals surface area contributed by atoms with E-state index >= 15 is 0 Å². The molecule has 5 heteroatoms. The van der Waals surface area contributed by atoms with Crippen molar-refractivity contribution >= 4 is 11.8 Å². The predicted octanol–water partition coefficient (Wildman–Crippen LogP) is 0.585. The monoisotopic (exact) mass is 267 g/mol. The third kappa shape index (κ3) is 3.69. The second kappa shape index (κ2) is 6.37. The molecule has 0 spiro atoms. The summed E-state index contributed by atoms with van der Waals surface area (Å²) in [6.07, 6.45) is 5.47. The van der Waals surface area contributed by atoms with Gasteiger partial charge >= 0.3 is 0 Å². The Kier molecular flexibility index (Phi) is 4.80. The van der Waals surface area contributed by atoms with Crippen LogP contribution in [0.25, 0.3) is 0 Å². The van der Waals surface area contributed by atoms with E-state index in [1.165, 1.54) is 0 Å². The molecule has 1 heterocycles. The van der Waals surface area contributed by atoms with Gasteiger partial charge in [-0.3, -0.25) is 9.59 Å². The number of nitrogens with zero attached hydrogens (tertiary/aromatic N) is 2. The molecular formula is C14H25N3O2. The number of nitrogens with two attached hydrogens (primary N) is 1. The van der Waals surface area contributed by atoms with E-state index in [0.717, 1.165) is 38.6 Å². The van der Waals surface area contributed by atoms with Crippen molar-refractivity contribution in [3.05, 3.63) is 0 Å². The van der Waals surface area contributed by atoms with Crippen molar-refractivity contribution in [2.75, 3.05) is 26.7 Å². The minimum atomic E-state index is 0.0861. The van der Waals surface area contributed by atoms with E-state index < -0.39 is 0 Å². The summed E-state index contributed by atoms with van der Waals surface area (Å²) in [5.41, 5.74) is 5.93. The van der Waals surface area contributed by atoms with Gasteiger partial charge in [-0.25, -0.2) is 0 Å². The van der Waals surface area contributed by atoms with Crippen LogP contribution in [0.3, 0.4) is 0 Å². The van der Waals surface area contributed by atoms with Gasteiger partial charge in [0.15, 0.2) is 0 Å². The van der Waals surface area contributed by atoms with Gasteiger partial charge in [-0.05, 0) is 25.7 Å². The predicted molar refractivity (Wildman–Crippen MR) is 73.4 cm³/mol. The van der Waals surface area contributed by atoms with E-state index in [2.05, 4.69) is 0 Å². The van der Waals surface area contributed by atoms with Gasteiger partial charge < -0.3 is 15.5 Å². The zero-order valence-electron chi connectivity index (χ0n) is 11.8. The zero-order valence-corrected chi connectivity index (χ0v) is 11.8. The first-order valence-corrected chi connectivity index (χ1v) is 7.36. The van der Waals surface area contributed by atoms with Crippen LogP contribution in [-0.4, -0.2) is 54.3 Å². The molecule has 0 aromatic carbocycles. The number of hydrogen-bond acceptors (Lipinski definition) is 3. The fourth-order valence-electron chi connectivity index (χ4n) is 3.08. The fraction of sp³-hybridized carbons (Fsp3) is 0.857. The molecular weight excluding hydrogens is 242 g/mol. The van der Waals surface area contributed by atoms with E-state index in [1.807, 2.05) is 11.9 Å². The number of amides is 2. The Balaban J connectivity index is 1.77. The summed E-state index contributed by atoms with van der Waals surface area (Å²) < 4.78 is 0. The van der Waals surface area contributed by atoms with Gasteiger partial charge in [0.2, 0.25) is 11.8 Å². The maximum atomic E-state index is 12.3. The van der Waals surface area contributed by atoms with E-state index in [9.17, 15) is 9.59 Å². The number of rotatable bonds is 4. The minimum absolute atomic E-state index is 0.0861. The van der Waals surface area contributed by atoms with Crippen molar-refractivity contribution in [3.63, 3.8) is 0 Å². The Bertz CT molecular complexity index is 346. The van der Waals surface area contributed by atoms with Crippen LogP contribution in [-0.2, 0) is 9.59 Å². The maximum absolute atomic E-state index is 12.3. The molecule has 2 fully saturated rings. The number of likely N-dealkylation sites (tertiary alicyclic amines) is 1. The lowest BCUT2D eigenvalue weighted by Gasteiger charge is -2.30. The molecule has 5 nitrogen and oxygen atoms in total. The van der Waals surface area contributed by atoms with Crippen molar-refractivity contribution in [1.29, 1.82) is 0 Å². The van der Waals surface area contributed by atoms with Crippen molar-refractivity contribution in [2.24, 2.45) is 11.7 Å². The highest BCUT2D eigenvalue weighted by atomic mass is 16.2. The molecule has 2 rings (SSSR count). The lowest BCUT2D eigenvalue weighted by molar-refractivity contribution is -0.136. The molecule has 1 saturated carbocycles. The molecule has 2 aliphatic rings. The average Bonchev–Trinajstić information content (AvgIpc) is 2.80. The van der Waals surface area contributed by atoms with E-state index in [1.54, 1.807) is 4.90 Å². The zero-order chi connectivity index (χ0) is 13.8. The van der Waals surface area contributed by atoms with Gasteiger partial charge in [-0.2, -0.15) is 0 Å². The number of carbonyl (C=O) groups is 2. The second-order valence-electron chi connectivity index (χ2n) is 5.87. The molecule has 19 heavy (non-hydrogen) atoms. The molecule has 0 unspecified atom stereocenters. The first-order chi connectivity index (χ1) is 9.08. The average molecular weight is 267 g/mol. The van der Waals surface area contributed by atoms with Crippen LogP contribution in [0, 0.1) is 5.92 Å². The molecule has 0 radical (unpaired) electrons. The Labute approximate surface area is 115 Å². The largest absolute Gasteiger partial charge is 0.344 e. The fourth-order valence-corrected chi connectivity index (χ4v) is 3.08. The van der Waals surface area contributed by atoms with Gasteiger partial charge in [0.1, 0.15) is 0 Å². The van der Waals surface area contributed by atoms with Crippen molar-refractivity contribution in [3.8, 4) is 0 Å². The Morgan fingerprint density at radius 2 is 2.21 bits per heavy atom. The summed E-state index contributed by atoms with van der Waals surface area (Å²) in [5, 5.41) is 0. The first kappa shape index (κ1) is 14.3. The van der Waals surface area contributed by atoms with E-state index in [4.69, 9.17) is 5.73 Å². The molecule has 1 saturated heterocycles. The van der Waals surface area contributed by atoms with Crippen molar-refractivity contribution in [2.45, 2.75) is 44.6 Å². The van der Waals surface area contributed by atoms with Gasteiger partial charge in [0.05, 0.1) is 0 Å². The highest BCUT2D eigenvalue weighted by molar-refractivity contribution is 5.79. The van der Waals surface area contributed by atoms with Gasteiger partial charge in [0, 0.05) is 45.1 Å². The summed E-state index contributed by atoms with van der Waals surface area (Å²) in [4.78, 5) is 27.4. The number of likely N-dealkylation sites (N-methyl/N-ethyl adjacent to an activating group) is 1. The first-order valence-electron chi connectivity index (χ1n) is 7.36. The van der Waals surface area contributed by atoms with Crippen molar-refractivity contribution in [1.82, 2.24) is 9.80 Å². The quantitative estimate of drug-likeness (QED) is 0.810. The summed E-state index contributed by atoms with van der Waals surface area (Å²) in [7, 11) is 1.84. The van der Waals surface area contributed by atoms with E-state index in [-0.39, 0.29) is 23.8 Å². The lowest BCUT2D eigenvalue weighted by Crippen LogP contribution is -2.42. The summed E-state index contributed by atoms with van der Waals surface area (Å²) in [6.45, 7) is 2.14. The number of carbonyl (C=O) groups excluding carboxylic acids is 2. The Morgan fingerprint density at radius 3 is 2.84 bits per heavy atom. The van der Waals surface area contributed by atoms with Crippen LogP contribution in [0.1, 0.15) is 38.5 Å². The highest BCUT2D eigenvalue weighted by Gasteiger charge is 2.28. The highest BCUT2D eigenvalue weighted by Crippen LogP contribution is 2.24. The van der Waals surface area contributed by atoms with E-state index in [0.29, 0.717) is 19.5 Å². The molecule has 0 aromatic heterocycles. The third-order valence-electron chi connectivity index (χ3n) is 4.32. The normalized spacial score (nSPS) is 27.7. The van der Waals surface area contributed by atoms with Crippen LogP contribution < -0.4 is 5.73 Å². The van der Waals surface area contributed by atoms with Crippen LogP contribution in [0.5, 0.6) is 0 Å². The SMILES string of the molecule is CN(CCN1CCCC1=O)C(=O)[C@H]1CCC[C@@H](N)C1. The molecule has 1 aliphatic carbocycles. The molecule has 2 amide bonds. The van der Waals surface area contributed by atoms with Crippen LogP contribution >= 0.6 is 0 Å². The molecule has 108 valence electrons. The Morgan fingerprint density at radius 1 is 1.42 bits per heavy atom. The van der Waals surface area contributed by atoms with Gasteiger partial charge in [0.25, 0.3) is 0 Å². The summed E-state index contributed by atoms with van der Waals surface area (Å²) in [5.74, 6) is 0.505. The molecule has 2 atom stereocenters. The third-order valence-corrected chi connectivity index (χ3v) is 4.32. The van der Waals surface area contributed by atoms with Crippen LogP contribution in [0.2, 0.25) is 0 Å². The molecule has 0 bridgehead atoms. The summed E-state index contributed by atoms with van der Waals surface area (Å²) in [6, 6.07) is 0.177. The minimum Gasteiger partial charge on any atom is -0.344 e. The number of hydrogen-bond donors (Lipinski definition) is 1. The van der Waals surface area contributed by atoms with Crippen LogP contribution in [0.4, 0.5) is 0 Å². The molecule has 1 aliphatic heterocycles. The Hall–Kier alpha value is -1.10. The maximum Gasteiger partial charge on any atom is 0.225 e. The standard InChI is InChI=1S/C14H25N3O2/c1-16(8-9-17-7-3-6-13(17)18)14(19)11-4-2-5-12(15)10-11/h11-12H,2-10,15H2,1H3/t11-,12+/m0/s1. The lowest BCUT2D eigenvalue weighted by atomic mass is 9.85. The second-order valence-corrected chi connectivity index (χ2v) is 5.87. The smallest absolute Gasteiger partial charge is 0.225 e.